The van der Waals surface area contributed by atoms with Gasteiger partial charge in [0.05, 0.1) is 24.0 Å². The van der Waals surface area contributed by atoms with Crippen LogP contribution in [0.5, 0.6) is 11.5 Å². The van der Waals surface area contributed by atoms with Crippen molar-refractivity contribution in [3.63, 3.8) is 0 Å². The van der Waals surface area contributed by atoms with Crippen LogP contribution in [0.4, 0.5) is 10.1 Å². The Balaban J connectivity index is 1.81. The molecule has 0 aliphatic heterocycles. The Kier molecular flexibility index (Phi) is 6.28. The van der Waals surface area contributed by atoms with E-state index in [1.54, 1.807) is 31.5 Å². The standard InChI is InChI=1S/C21H18ClFN2O2/c1-26-20-12-5-7-15(13-24-25-16-8-3-2-4-9-16)21(20)27-14-17-18(22)10-6-11-19(17)23/h2-13,25H,14H2,1H3. The van der Waals surface area contributed by atoms with E-state index in [0.29, 0.717) is 22.1 Å². The Labute approximate surface area is 162 Å². The highest BCUT2D eigenvalue weighted by atomic mass is 35.5. The third-order valence-corrected chi connectivity index (χ3v) is 4.18. The van der Waals surface area contributed by atoms with E-state index in [-0.39, 0.29) is 12.2 Å². The first-order valence-corrected chi connectivity index (χ1v) is 8.63. The van der Waals surface area contributed by atoms with E-state index < -0.39 is 5.82 Å². The minimum Gasteiger partial charge on any atom is -0.493 e. The highest BCUT2D eigenvalue weighted by Crippen LogP contribution is 2.32. The van der Waals surface area contributed by atoms with Gasteiger partial charge in [-0.25, -0.2) is 4.39 Å². The molecule has 6 heteroatoms. The van der Waals surface area contributed by atoms with Gasteiger partial charge in [0.15, 0.2) is 11.5 Å². The highest BCUT2D eigenvalue weighted by Gasteiger charge is 2.13. The van der Waals surface area contributed by atoms with Gasteiger partial charge in [0, 0.05) is 11.1 Å². The first-order chi connectivity index (χ1) is 13.2. The molecule has 0 atom stereocenters. The van der Waals surface area contributed by atoms with Crippen LogP contribution in [0.15, 0.2) is 71.8 Å². The van der Waals surface area contributed by atoms with Gasteiger partial charge in [0.25, 0.3) is 0 Å². The van der Waals surface area contributed by atoms with Gasteiger partial charge in [-0.2, -0.15) is 5.10 Å². The third kappa shape index (κ3) is 4.77. The van der Waals surface area contributed by atoms with E-state index in [0.717, 1.165) is 5.69 Å². The molecule has 0 saturated heterocycles. The number of halogens is 2. The number of hydrogen-bond acceptors (Lipinski definition) is 4. The molecule has 0 saturated carbocycles. The van der Waals surface area contributed by atoms with Gasteiger partial charge < -0.3 is 9.47 Å². The van der Waals surface area contributed by atoms with Gasteiger partial charge in [0.2, 0.25) is 0 Å². The van der Waals surface area contributed by atoms with Gasteiger partial charge in [-0.1, -0.05) is 41.9 Å². The van der Waals surface area contributed by atoms with Crippen molar-refractivity contribution in [1.82, 2.24) is 0 Å². The number of para-hydroxylation sites is 2. The van der Waals surface area contributed by atoms with Crippen molar-refractivity contribution in [1.29, 1.82) is 0 Å². The molecule has 3 aromatic rings. The summed E-state index contributed by atoms with van der Waals surface area (Å²) in [6.07, 6.45) is 1.62. The van der Waals surface area contributed by atoms with Crippen LogP contribution in [-0.4, -0.2) is 13.3 Å². The fourth-order valence-corrected chi connectivity index (χ4v) is 2.67. The smallest absolute Gasteiger partial charge is 0.170 e. The minimum absolute atomic E-state index is 0.0289. The second kappa shape index (κ2) is 9.05. The molecule has 0 bridgehead atoms. The van der Waals surface area contributed by atoms with Crippen molar-refractivity contribution in [2.24, 2.45) is 5.10 Å². The van der Waals surface area contributed by atoms with Crippen LogP contribution < -0.4 is 14.9 Å². The molecule has 1 N–H and O–H groups in total. The van der Waals surface area contributed by atoms with Crippen LogP contribution in [0.1, 0.15) is 11.1 Å². The summed E-state index contributed by atoms with van der Waals surface area (Å²) in [7, 11) is 1.54. The molecule has 4 nitrogen and oxygen atoms in total. The summed E-state index contributed by atoms with van der Waals surface area (Å²) in [5, 5.41) is 4.54. The average Bonchev–Trinajstić information content (AvgIpc) is 2.69. The monoisotopic (exact) mass is 384 g/mol. The van der Waals surface area contributed by atoms with Crippen molar-refractivity contribution in [2.75, 3.05) is 12.5 Å². The van der Waals surface area contributed by atoms with E-state index in [1.165, 1.54) is 6.07 Å². The van der Waals surface area contributed by atoms with Crippen molar-refractivity contribution >= 4 is 23.5 Å². The van der Waals surface area contributed by atoms with Crippen LogP contribution in [-0.2, 0) is 6.61 Å². The lowest BCUT2D eigenvalue weighted by Gasteiger charge is -2.14. The Bertz CT molecular complexity index is 912. The fourth-order valence-electron chi connectivity index (χ4n) is 2.45. The summed E-state index contributed by atoms with van der Waals surface area (Å²) in [5.74, 6) is 0.558. The maximum Gasteiger partial charge on any atom is 0.170 e. The number of nitrogens with one attached hydrogen (secondary N) is 1. The molecule has 27 heavy (non-hydrogen) atoms. The Hall–Kier alpha value is -3.05. The second-order valence-electron chi connectivity index (χ2n) is 5.60. The topological polar surface area (TPSA) is 42.8 Å². The maximum atomic E-state index is 14.0. The molecule has 0 spiro atoms. The SMILES string of the molecule is COc1cccc(C=NNc2ccccc2)c1OCc1c(F)cccc1Cl. The van der Waals surface area contributed by atoms with Gasteiger partial charge >= 0.3 is 0 Å². The third-order valence-electron chi connectivity index (χ3n) is 3.82. The summed E-state index contributed by atoms with van der Waals surface area (Å²) in [5.41, 5.74) is 4.77. The van der Waals surface area contributed by atoms with Crippen LogP contribution in [0, 0.1) is 5.82 Å². The lowest BCUT2D eigenvalue weighted by atomic mass is 10.2. The molecule has 0 unspecified atom stereocenters. The number of hydrogen-bond donors (Lipinski definition) is 1. The molecule has 0 aliphatic rings. The Morgan fingerprint density at radius 2 is 1.81 bits per heavy atom. The average molecular weight is 385 g/mol. The summed E-state index contributed by atoms with van der Waals surface area (Å²) in [4.78, 5) is 0. The molecule has 138 valence electrons. The van der Waals surface area contributed by atoms with Gasteiger partial charge in [0.1, 0.15) is 12.4 Å². The summed E-state index contributed by atoms with van der Waals surface area (Å²) in [6.45, 7) is -0.0289. The first kappa shape index (κ1) is 18.7. The van der Waals surface area contributed by atoms with E-state index in [9.17, 15) is 4.39 Å². The summed E-state index contributed by atoms with van der Waals surface area (Å²) >= 11 is 6.07. The maximum absolute atomic E-state index is 14.0. The fraction of sp³-hybridized carbons (Fsp3) is 0.0952. The zero-order valence-electron chi connectivity index (χ0n) is 14.7. The van der Waals surface area contributed by atoms with Crippen LogP contribution in [0.25, 0.3) is 0 Å². The molecular formula is C21H18ClFN2O2. The first-order valence-electron chi connectivity index (χ1n) is 8.26. The van der Waals surface area contributed by atoms with Crippen molar-refractivity contribution in [3.8, 4) is 11.5 Å². The minimum atomic E-state index is -0.418. The molecule has 3 rings (SSSR count). The predicted molar refractivity (Wildman–Crippen MR) is 106 cm³/mol. The Morgan fingerprint density at radius 1 is 1.04 bits per heavy atom. The zero-order chi connectivity index (χ0) is 19.1. The highest BCUT2D eigenvalue weighted by molar-refractivity contribution is 6.31. The van der Waals surface area contributed by atoms with E-state index in [2.05, 4.69) is 10.5 Å². The molecule has 0 fully saturated rings. The summed E-state index contributed by atoms with van der Waals surface area (Å²) < 4.78 is 25.2. The number of methoxy groups -OCH3 is 1. The normalized spacial score (nSPS) is 10.8. The second-order valence-corrected chi connectivity index (χ2v) is 6.01. The Morgan fingerprint density at radius 3 is 2.56 bits per heavy atom. The largest absolute Gasteiger partial charge is 0.493 e. The molecule has 3 aromatic carbocycles. The quantitative estimate of drug-likeness (QED) is 0.431. The van der Waals surface area contributed by atoms with Crippen LogP contribution in [0.3, 0.4) is 0 Å². The van der Waals surface area contributed by atoms with E-state index in [4.69, 9.17) is 21.1 Å². The lowest BCUT2D eigenvalue weighted by Crippen LogP contribution is -2.03. The molecule has 0 aliphatic carbocycles. The molecule has 0 heterocycles. The van der Waals surface area contributed by atoms with Gasteiger partial charge in [-0.05, 0) is 36.4 Å². The van der Waals surface area contributed by atoms with Crippen LogP contribution in [0.2, 0.25) is 5.02 Å². The lowest BCUT2D eigenvalue weighted by molar-refractivity contribution is 0.279. The molecule has 0 radical (unpaired) electrons. The van der Waals surface area contributed by atoms with E-state index in [1.807, 2.05) is 42.5 Å². The molecular weight excluding hydrogens is 367 g/mol. The van der Waals surface area contributed by atoms with Crippen molar-refractivity contribution in [2.45, 2.75) is 6.61 Å². The number of rotatable bonds is 7. The number of hydrazone groups is 1. The predicted octanol–water partition coefficient (Wildman–Crippen LogP) is 5.51. The van der Waals surface area contributed by atoms with Crippen LogP contribution >= 0.6 is 11.6 Å². The number of anilines is 1. The summed E-state index contributed by atoms with van der Waals surface area (Å²) in [6, 6.07) is 19.5. The van der Waals surface area contributed by atoms with Gasteiger partial charge in [-0.3, -0.25) is 5.43 Å². The molecule has 0 aromatic heterocycles. The molecule has 0 amide bonds. The zero-order valence-corrected chi connectivity index (χ0v) is 15.4. The number of benzene rings is 3. The van der Waals surface area contributed by atoms with Gasteiger partial charge in [-0.15, -0.1) is 0 Å². The number of nitrogens with zero attached hydrogens (tertiary/aromatic N) is 1. The van der Waals surface area contributed by atoms with Crippen molar-refractivity contribution < 1.29 is 13.9 Å². The van der Waals surface area contributed by atoms with E-state index >= 15 is 0 Å². The van der Waals surface area contributed by atoms with Crippen molar-refractivity contribution in [3.05, 3.63) is 88.7 Å². The number of ether oxygens (including phenoxy) is 2.